The number of ether oxygens (including phenoxy) is 4. The molecule has 1 unspecified atom stereocenters. The second-order valence-corrected chi connectivity index (χ2v) is 9.36. The van der Waals surface area contributed by atoms with Crippen LogP contribution in [0.2, 0.25) is 0 Å². The van der Waals surface area contributed by atoms with Gasteiger partial charge < -0.3 is 34.7 Å². The van der Waals surface area contributed by atoms with Crippen LogP contribution >= 0.6 is 0 Å². The lowest BCUT2D eigenvalue weighted by molar-refractivity contribution is -0.141. The van der Waals surface area contributed by atoms with Gasteiger partial charge in [0.05, 0.1) is 32.5 Å². The topological polar surface area (TPSA) is 136 Å². The fourth-order valence-corrected chi connectivity index (χ4v) is 4.37. The van der Waals surface area contributed by atoms with E-state index in [1.807, 2.05) is 25.1 Å². The van der Waals surface area contributed by atoms with E-state index in [1.165, 1.54) is 7.11 Å². The van der Waals surface area contributed by atoms with Gasteiger partial charge in [-0.25, -0.2) is 9.59 Å². The van der Waals surface area contributed by atoms with E-state index in [0.29, 0.717) is 29.7 Å². The number of hydrogen-bond acceptors (Lipinski definition) is 9. The second kappa shape index (κ2) is 10.8. The minimum Gasteiger partial charge on any atom is -0.497 e. The van der Waals surface area contributed by atoms with Crippen molar-refractivity contribution < 1.29 is 38.4 Å². The summed E-state index contributed by atoms with van der Waals surface area (Å²) in [6.45, 7) is 5.43. The van der Waals surface area contributed by atoms with Crippen molar-refractivity contribution in [1.82, 2.24) is 10.6 Å². The Balaban J connectivity index is 1.64. The van der Waals surface area contributed by atoms with Gasteiger partial charge in [0.2, 0.25) is 6.10 Å². The summed E-state index contributed by atoms with van der Waals surface area (Å²) in [5.41, 5.74) is 0.522. The van der Waals surface area contributed by atoms with E-state index in [-0.39, 0.29) is 37.1 Å². The molecule has 0 bridgehead atoms. The molecule has 0 aromatic heterocycles. The maximum absolute atomic E-state index is 13.5. The molecule has 37 heavy (non-hydrogen) atoms. The average molecular weight is 513 g/mol. The van der Waals surface area contributed by atoms with Gasteiger partial charge in [-0.2, -0.15) is 0 Å². The van der Waals surface area contributed by atoms with Gasteiger partial charge in [-0.3, -0.25) is 4.79 Å². The zero-order chi connectivity index (χ0) is 26.7. The number of epoxide rings is 1. The predicted octanol–water partition coefficient (Wildman–Crippen LogP) is 2.11. The van der Waals surface area contributed by atoms with Crippen molar-refractivity contribution >= 4 is 28.6 Å². The molecular weight excluding hydrogens is 480 g/mol. The number of nitrogens with one attached hydrogen (secondary N) is 2. The number of aliphatic hydroxyl groups excluding tert-OH is 1. The summed E-state index contributed by atoms with van der Waals surface area (Å²) in [5, 5.41) is 16.6. The average Bonchev–Trinajstić information content (AvgIpc) is 3.45. The van der Waals surface area contributed by atoms with Gasteiger partial charge in [0.15, 0.2) is 0 Å². The van der Waals surface area contributed by atoms with Crippen molar-refractivity contribution in [2.24, 2.45) is 0 Å². The Hall–Kier alpha value is -3.63. The summed E-state index contributed by atoms with van der Waals surface area (Å²) in [4.78, 5) is 39.6. The van der Waals surface area contributed by atoms with E-state index >= 15 is 0 Å². The van der Waals surface area contributed by atoms with E-state index in [1.54, 1.807) is 26.0 Å². The standard InChI is InChI=1S/C27H32N2O8/c1-5-35-26(33)22(21-10-9-16(13-30)28-21)29-24(31)23(27(3)14-36-27)37-25(32)20-12-17(34-4)11-19-15(2)7-6-8-18(19)20/h6-8,11-12,16,23,28,30H,5,9-10,13-14H2,1-4H3,(H,29,31)/b22-21+/t16-,23-,27?/m1/s1. The van der Waals surface area contributed by atoms with E-state index in [2.05, 4.69) is 10.6 Å². The van der Waals surface area contributed by atoms with Gasteiger partial charge in [0.25, 0.3) is 5.91 Å². The number of carbonyl (C=O) groups is 3. The first kappa shape index (κ1) is 26.4. The fraction of sp³-hybridized carbons (Fsp3) is 0.444. The van der Waals surface area contributed by atoms with Gasteiger partial charge in [-0.05, 0) is 62.1 Å². The Morgan fingerprint density at radius 3 is 2.65 bits per heavy atom. The molecule has 2 fully saturated rings. The lowest BCUT2D eigenvalue weighted by atomic mass is 9.99. The molecule has 10 nitrogen and oxygen atoms in total. The SMILES string of the molecule is CCOC(=O)/C(NC(=O)[C@@H](OC(=O)c1cc(OC)cc2c(C)cccc12)C1(C)CO1)=C1/CC[C@H](CO)N1. The van der Waals surface area contributed by atoms with Gasteiger partial charge in [0, 0.05) is 11.7 Å². The number of hydrogen-bond donors (Lipinski definition) is 3. The summed E-state index contributed by atoms with van der Waals surface area (Å²) in [6, 6.07) is 8.73. The molecule has 4 rings (SSSR count). The maximum Gasteiger partial charge on any atom is 0.356 e. The summed E-state index contributed by atoms with van der Waals surface area (Å²) in [7, 11) is 1.51. The zero-order valence-electron chi connectivity index (χ0n) is 21.4. The molecule has 3 N–H and O–H groups in total. The van der Waals surface area contributed by atoms with Gasteiger partial charge in [-0.1, -0.05) is 18.2 Å². The van der Waals surface area contributed by atoms with Crippen LogP contribution in [0, 0.1) is 6.92 Å². The molecule has 1 amide bonds. The lowest BCUT2D eigenvalue weighted by Crippen LogP contribution is -2.47. The van der Waals surface area contributed by atoms with E-state index in [4.69, 9.17) is 18.9 Å². The van der Waals surface area contributed by atoms with E-state index in [0.717, 1.165) is 10.9 Å². The summed E-state index contributed by atoms with van der Waals surface area (Å²) in [5.74, 6) is -1.69. The van der Waals surface area contributed by atoms with Gasteiger partial charge in [0.1, 0.15) is 17.0 Å². The Morgan fingerprint density at radius 2 is 2.03 bits per heavy atom. The first-order valence-electron chi connectivity index (χ1n) is 12.2. The third kappa shape index (κ3) is 5.55. The second-order valence-electron chi connectivity index (χ2n) is 9.36. The number of esters is 2. The summed E-state index contributed by atoms with van der Waals surface area (Å²) >= 11 is 0. The van der Waals surface area contributed by atoms with Crippen molar-refractivity contribution in [2.75, 3.05) is 26.9 Å². The number of aryl methyl sites for hydroxylation is 1. The van der Waals surface area contributed by atoms with Crippen molar-refractivity contribution in [3.8, 4) is 5.75 Å². The van der Waals surface area contributed by atoms with Gasteiger partial charge in [-0.15, -0.1) is 0 Å². The Labute approximate surface area is 214 Å². The maximum atomic E-state index is 13.5. The minimum atomic E-state index is -1.34. The highest BCUT2D eigenvalue weighted by molar-refractivity contribution is 6.07. The van der Waals surface area contributed by atoms with Crippen LogP contribution in [0.4, 0.5) is 0 Å². The fourth-order valence-electron chi connectivity index (χ4n) is 4.37. The summed E-state index contributed by atoms with van der Waals surface area (Å²) in [6.07, 6.45) is -0.315. The molecule has 2 saturated heterocycles. The van der Waals surface area contributed by atoms with Crippen LogP contribution in [0.3, 0.4) is 0 Å². The quantitative estimate of drug-likeness (QED) is 0.262. The number of allylic oxidation sites excluding steroid dienone is 1. The third-order valence-electron chi connectivity index (χ3n) is 6.63. The number of fused-ring (bicyclic) bond motifs is 1. The minimum absolute atomic E-state index is 0.0736. The summed E-state index contributed by atoms with van der Waals surface area (Å²) < 4.78 is 21.7. The normalized spacial score (nSPS) is 22.6. The lowest BCUT2D eigenvalue weighted by Gasteiger charge is -2.22. The molecule has 198 valence electrons. The molecule has 10 heteroatoms. The van der Waals surface area contributed by atoms with E-state index in [9.17, 15) is 19.5 Å². The number of aliphatic hydroxyl groups is 1. The first-order chi connectivity index (χ1) is 17.7. The van der Waals surface area contributed by atoms with Crippen molar-refractivity contribution in [1.29, 1.82) is 0 Å². The first-order valence-corrected chi connectivity index (χ1v) is 12.2. The molecule has 0 saturated carbocycles. The molecule has 0 aliphatic carbocycles. The Bertz CT molecular complexity index is 1250. The van der Waals surface area contributed by atoms with Gasteiger partial charge >= 0.3 is 11.9 Å². The molecule has 0 radical (unpaired) electrons. The molecular formula is C27H32N2O8. The molecule has 2 aliphatic rings. The third-order valence-corrected chi connectivity index (χ3v) is 6.63. The Kier molecular flexibility index (Phi) is 7.70. The predicted molar refractivity (Wildman–Crippen MR) is 134 cm³/mol. The van der Waals surface area contributed by atoms with Crippen molar-refractivity contribution in [2.45, 2.75) is 51.4 Å². The van der Waals surface area contributed by atoms with Crippen LogP contribution < -0.4 is 15.4 Å². The molecule has 0 spiro atoms. The Morgan fingerprint density at radius 1 is 1.27 bits per heavy atom. The van der Waals surface area contributed by atoms with E-state index < -0.39 is 29.6 Å². The van der Waals surface area contributed by atoms with Crippen molar-refractivity contribution in [3.63, 3.8) is 0 Å². The van der Waals surface area contributed by atoms with Crippen LogP contribution in [-0.4, -0.2) is 67.6 Å². The molecule has 2 aliphatic heterocycles. The highest BCUT2D eigenvalue weighted by Crippen LogP contribution is 2.35. The number of methoxy groups -OCH3 is 1. The largest absolute Gasteiger partial charge is 0.497 e. The zero-order valence-corrected chi connectivity index (χ0v) is 21.4. The van der Waals surface area contributed by atoms with Crippen LogP contribution in [0.25, 0.3) is 10.8 Å². The number of rotatable bonds is 9. The molecule has 2 aromatic rings. The van der Waals surface area contributed by atoms with Crippen LogP contribution in [0.1, 0.15) is 42.6 Å². The highest BCUT2D eigenvalue weighted by Gasteiger charge is 2.54. The van der Waals surface area contributed by atoms with Crippen LogP contribution in [0.5, 0.6) is 5.75 Å². The van der Waals surface area contributed by atoms with Crippen LogP contribution in [0.15, 0.2) is 41.7 Å². The smallest absolute Gasteiger partial charge is 0.356 e. The number of carbonyl (C=O) groups excluding carboxylic acids is 3. The monoisotopic (exact) mass is 512 g/mol. The van der Waals surface area contributed by atoms with Crippen molar-refractivity contribution in [3.05, 3.63) is 52.9 Å². The molecule has 3 atom stereocenters. The van der Waals surface area contributed by atoms with Crippen LogP contribution in [-0.2, 0) is 23.8 Å². The number of benzene rings is 2. The molecule has 2 heterocycles. The highest BCUT2D eigenvalue weighted by atomic mass is 16.6. The molecule has 2 aromatic carbocycles. The number of amides is 1.